The largest absolute Gasteiger partial charge is 0.465 e. The molecule has 104 valence electrons. The van der Waals surface area contributed by atoms with Crippen molar-refractivity contribution in [3.63, 3.8) is 0 Å². The minimum absolute atomic E-state index is 0.155. The van der Waals surface area contributed by atoms with Crippen molar-refractivity contribution < 1.29 is 9.53 Å². The minimum atomic E-state index is -0.252. The van der Waals surface area contributed by atoms with Crippen molar-refractivity contribution in [3.05, 3.63) is 30.3 Å². The number of para-hydroxylation sites is 1. The number of ether oxygens (including phenoxy) is 1. The van der Waals surface area contributed by atoms with Gasteiger partial charge in [-0.15, -0.1) is 0 Å². The Morgan fingerprint density at radius 2 is 2.11 bits per heavy atom. The van der Waals surface area contributed by atoms with Crippen molar-refractivity contribution in [2.45, 2.75) is 31.8 Å². The number of esters is 1. The van der Waals surface area contributed by atoms with E-state index in [0.29, 0.717) is 19.2 Å². The molecule has 0 aliphatic heterocycles. The second kappa shape index (κ2) is 6.57. The second-order valence-electron chi connectivity index (χ2n) is 4.96. The summed E-state index contributed by atoms with van der Waals surface area (Å²) in [5, 5.41) is 3.36. The summed E-state index contributed by atoms with van der Waals surface area (Å²) >= 11 is 0. The van der Waals surface area contributed by atoms with E-state index in [1.54, 1.807) is 0 Å². The zero-order valence-corrected chi connectivity index (χ0v) is 11.6. The number of carbonyl (C=O) groups excluding carboxylic acids is 1. The molecule has 0 aromatic heterocycles. The van der Waals surface area contributed by atoms with Crippen LogP contribution in [0.5, 0.6) is 0 Å². The molecule has 0 amide bonds. The molecule has 0 spiro atoms. The molecule has 1 aromatic carbocycles. The second-order valence-corrected chi connectivity index (χ2v) is 4.96. The third kappa shape index (κ3) is 4.24. The Morgan fingerprint density at radius 1 is 1.42 bits per heavy atom. The van der Waals surface area contributed by atoms with Crippen LogP contribution in [0.3, 0.4) is 0 Å². The number of rotatable bonds is 7. The number of hydrogen-bond donors (Lipinski definition) is 1. The maximum Gasteiger partial charge on any atom is 0.324 e. The van der Waals surface area contributed by atoms with Gasteiger partial charge in [-0.25, -0.2) is 0 Å². The van der Waals surface area contributed by atoms with Gasteiger partial charge in [-0.1, -0.05) is 18.2 Å². The fraction of sp³-hybridized carbons (Fsp3) is 0.533. The summed E-state index contributed by atoms with van der Waals surface area (Å²) in [6.07, 6.45) is 2.32. The van der Waals surface area contributed by atoms with Gasteiger partial charge in [-0.2, -0.15) is 0 Å². The number of hydrogen-bond acceptors (Lipinski definition) is 4. The molecule has 1 unspecified atom stereocenters. The van der Waals surface area contributed by atoms with Crippen LogP contribution in [0.25, 0.3) is 0 Å². The topological polar surface area (TPSA) is 41.6 Å². The molecule has 19 heavy (non-hydrogen) atoms. The van der Waals surface area contributed by atoms with Gasteiger partial charge in [0.25, 0.3) is 0 Å². The highest BCUT2D eigenvalue weighted by atomic mass is 16.5. The van der Waals surface area contributed by atoms with E-state index in [-0.39, 0.29) is 12.0 Å². The minimum Gasteiger partial charge on any atom is -0.465 e. The van der Waals surface area contributed by atoms with Gasteiger partial charge in [0.2, 0.25) is 0 Å². The van der Waals surface area contributed by atoms with E-state index in [2.05, 4.69) is 10.2 Å². The first-order valence-corrected chi connectivity index (χ1v) is 6.89. The molecule has 0 saturated heterocycles. The SMILES string of the molecule is CCOC(=O)C(CN(C)c1ccccc1)NC1CC1. The number of anilines is 1. The molecule has 4 heteroatoms. The summed E-state index contributed by atoms with van der Waals surface area (Å²) < 4.78 is 5.14. The highest BCUT2D eigenvalue weighted by molar-refractivity contribution is 5.76. The van der Waals surface area contributed by atoms with Crippen molar-refractivity contribution in [2.24, 2.45) is 0 Å². The summed E-state index contributed by atoms with van der Waals surface area (Å²) in [4.78, 5) is 14.0. The summed E-state index contributed by atoms with van der Waals surface area (Å²) in [6.45, 7) is 2.89. The number of benzene rings is 1. The van der Waals surface area contributed by atoms with Crippen molar-refractivity contribution in [1.82, 2.24) is 5.32 Å². The maximum atomic E-state index is 12.0. The molecule has 0 radical (unpaired) electrons. The molecule has 1 N–H and O–H groups in total. The van der Waals surface area contributed by atoms with Gasteiger partial charge in [0.1, 0.15) is 6.04 Å². The van der Waals surface area contributed by atoms with E-state index < -0.39 is 0 Å². The zero-order chi connectivity index (χ0) is 13.7. The molecule has 0 bridgehead atoms. The van der Waals surface area contributed by atoms with Crippen molar-refractivity contribution in [3.8, 4) is 0 Å². The van der Waals surface area contributed by atoms with E-state index in [1.165, 1.54) is 0 Å². The molecule has 1 atom stereocenters. The van der Waals surface area contributed by atoms with Crippen LogP contribution in [-0.2, 0) is 9.53 Å². The Hall–Kier alpha value is -1.55. The van der Waals surface area contributed by atoms with Crippen LogP contribution in [0.15, 0.2) is 30.3 Å². The smallest absolute Gasteiger partial charge is 0.324 e. The highest BCUT2D eigenvalue weighted by Gasteiger charge is 2.30. The number of carbonyl (C=O) groups is 1. The van der Waals surface area contributed by atoms with Gasteiger partial charge in [-0.05, 0) is 31.9 Å². The fourth-order valence-corrected chi connectivity index (χ4v) is 2.03. The van der Waals surface area contributed by atoms with Gasteiger partial charge >= 0.3 is 5.97 Å². The Morgan fingerprint density at radius 3 is 2.68 bits per heavy atom. The van der Waals surface area contributed by atoms with Crippen LogP contribution >= 0.6 is 0 Å². The van der Waals surface area contributed by atoms with Gasteiger partial charge in [-0.3, -0.25) is 4.79 Å². The fourth-order valence-electron chi connectivity index (χ4n) is 2.03. The predicted molar refractivity (Wildman–Crippen MR) is 76.3 cm³/mol. The Bertz CT molecular complexity index is 404. The summed E-state index contributed by atoms with van der Waals surface area (Å²) in [5.74, 6) is -0.155. The first kappa shape index (κ1) is 13.9. The van der Waals surface area contributed by atoms with E-state index in [4.69, 9.17) is 4.74 Å². The van der Waals surface area contributed by atoms with Crippen LogP contribution < -0.4 is 10.2 Å². The van der Waals surface area contributed by atoms with Crippen molar-refractivity contribution in [2.75, 3.05) is 25.1 Å². The molecule has 1 fully saturated rings. The molecule has 4 nitrogen and oxygen atoms in total. The molecule has 1 saturated carbocycles. The Balaban J connectivity index is 1.96. The van der Waals surface area contributed by atoms with Crippen LogP contribution in [0.4, 0.5) is 5.69 Å². The lowest BCUT2D eigenvalue weighted by atomic mass is 10.2. The van der Waals surface area contributed by atoms with Crippen LogP contribution in [0, 0.1) is 0 Å². The van der Waals surface area contributed by atoms with Crippen molar-refractivity contribution in [1.29, 1.82) is 0 Å². The molecular formula is C15H22N2O2. The van der Waals surface area contributed by atoms with Crippen LogP contribution in [-0.4, -0.2) is 38.3 Å². The lowest BCUT2D eigenvalue weighted by Crippen LogP contribution is -2.47. The van der Waals surface area contributed by atoms with Gasteiger partial charge in [0.05, 0.1) is 6.61 Å². The first-order chi connectivity index (χ1) is 9.20. The number of nitrogens with zero attached hydrogens (tertiary/aromatic N) is 1. The first-order valence-electron chi connectivity index (χ1n) is 6.89. The summed E-state index contributed by atoms with van der Waals surface area (Å²) in [5.41, 5.74) is 1.11. The van der Waals surface area contributed by atoms with Gasteiger partial charge < -0.3 is 15.0 Å². The van der Waals surface area contributed by atoms with Gasteiger partial charge in [0.15, 0.2) is 0 Å². The molecule has 2 rings (SSSR count). The monoisotopic (exact) mass is 262 g/mol. The number of likely N-dealkylation sites (N-methyl/N-ethyl adjacent to an activating group) is 1. The van der Waals surface area contributed by atoms with Gasteiger partial charge in [0, 0.05) is 25.3 Å². The molecule has 1 aliphatic rings. The van der Waals surface area contributed by atoms with Crippen molar-refractivity contribution >= 4 is 11.7 Å². The van der Waals surface area contributed by atoms with E-state index in [9.17, 15) is 4.79 Å². The molecule has 0 heterocycles. The predicted octanol–water partition coefficient (Wildman–Crippen LogP) is 1.81. The Kier molecular flexibility index (Phi) is 4.80. The normalized spacial score (nSPS) is 15.9. The third-order valence-corrected chi connectivity index (χ3v) is 3.24. The van der Waals surface area contributed by atoms with E-state index in [0.717, 1.165) is 18.5 Å². The van der Waals surface area contributed by atoms with Crippen LogP contribution in [0.2, 0.25) is 0 Å². The standard InChI is InChI=1S/C15H22N2O2/c1-3-19-15(18)14(16-12-9-10-12)11-17(2)13-7-5-4-6-8-13/h4-8,12,14,16H,3,9-11H2,1-2H3. The maximum absolute atomic E-state index is 12.0. The Labute approximate surface area is 114 Å². The average Bonchev–Trinajstić information content (AvgIpc) is 3.23. The lowest BCUT2D eigenvalue weighted by Gasteiger charge is -2.25. The lowest BCUT2D eigenvalue weighted by molar-refractivity contribution is -0.145. The number of nitrogens with one attached hydrogen (secondary N) is 1. The van der Waals surface area contributed by atoms with E-state index in [1.807, 2.05) is 44.3 Å². The van der Waals surface area contributed by atoms with E-state index >= 15 is 0 Å². The summed E-state index contributed by atoms with van der Waals surface area (Å²) in [7, 11) is 2.00. The third-order valence-electron chi connectivity index (χ3n) is 3.24. The zero-order valence-electron chi connectivity index (χ0n) is 11.6. The molecule has 1 aliphatic carbocycles. The molecule has 1 aromatic rings. The average molecular weight is 262 g/mol. The summed E-state index contributed by atoms with van der Waals surface area (Å²) in [6, 6.07) is 10.3. The quantitative estimate of drug-likeness (QED) is 0.761. The molecular weight excluding hydrogens is 240 g/mol. The van der Waals surface area contributed by atoms with Crippen LogP contribution in [0.1, 0.15) is 19.8 Å². The highest BCUT2D eigenvalue weighted by Crippen LogP contribution is 2.20.